The molecule has 0 aromatic rings. The van der Waals surface area contributed by atoms with Gasteiger partial charge in [-0.2, -0.15) is 0 Å². The largest absolute Gasteiger partial charge is 1.00 e. The Labute approximate surface area is 176 Å². The van der Waals surface area contributed by atoms with Crippen molar-refractivity contribution in [2.24, 2.45) is 0 Å². The summed E-state index contributed by atoms with van der Waals surface area (Å²) in [6.45, 7) is 25.5. The van der Waals surface area contributed by atoms with E-state index in [1.165, 1.54) is 77.8 Å². The van der Waals surface area contributed by atoms with Gasteiger partial charge in [0.1, 0.15) is 6.16 Å². The molecule has 0 saturated carbocycles. The standard InChI is InChI=1S/C21H47N3P.BrH/c1-8-15-22(16-9-2)25(21-14-7,23(17-10-3)18-11-4)24(19-12-5)20-13-6;/h14H,7-13,15-21H2,1-6H3;1H/q+1;/p-1. The highest BCUT2D eigenvalue weighted by atomic mass is 79.9. The van der Waals surface area contributed by atoms with E-state index in [9.17, 15) is 0 Å². The van der Waals surface area contributed by atoms with Gasteiger partial charge in [-0.05, 0) is 44.6 Å². The number of hydrogen-bond donors (Lipinski definition) is 0. The molecule has 0 atom stereocenters. The first-order valence-corrected chi connectivity index (χ1v) is 12.7. The fraction of sp³-hybridized carbons (Fsp3) is 0.905. The first kappa shape index (κ1) is 28.7. The second-order valence-electron chi connectivity index (χ2n) is 7.02. The molecule has 0 aromatic heterocycles. The minimum atomic E-state index is -1.54. The third-order valence-corrected chi connectivity index (χ3v) is 9.29. The van der Waals surface area contributed by atoms with Crippen LogP contribution in [0.4, 0.5) is 0 Å². The Bertz CT molecular complexity index is 270. The lowest BCUT2D eigenvalue weighted by molar-refractivity contribution is -0.00000595. The highest BCUT2D eigenvalue weighted by Crippen LogP contribution is 2.67. The first-order valence-electron chi connectivity index (χ1n) is 10.9. The Balaban J connectivity index is 0. The molecular weight excluding hydrogens is 405 g/mol. The summed E-state index contributed by atoms with van der Waals surface area (Å²) < 4.78 is 8.64. The predicted molar refractivity (Wildman–Crippen MR) is 118 cm³/mol. The Morgan fingerprint density at radius 2 is 0.808 bits per heavy atom. The Morgan fingerprint density at radius 1 is 0.577 bits per heavy atom. The maximum atomic E-state index is 4.20. The van der Waals surface area contributed by atoms with Crippen LogP contribution >= 0.6 is 7.71 Å². The SMILES string of the molecule is C=CC[P+](N(CCC)CCC)(N(CCC)CCC)N(CCC)CCC.[Br-]. The molecule has 158 valence electrons. The zero-order chi connectivity index (χ0) is 19.1. The smallest absolute Gasteiger partial charge is 0.231 e. The molecule has 0 bridgehead atoms. The van der Waals surface area contributed by atoms with Crippen molar-refractivity contribution in [2.75, 3.05) is 45.4 Å². The molecule has 3 nitrogen and oxygen atoms in total. The van der Waals surface area contributed by atoms with Crippen molar-refractivity contribution in [3.63, 3.8) is 0 Å². The number of halogens is 1. The van der Waals surface area contributed by atoms with E-state index < -0.39 is 7.71 Å². The third kappa shape index (κ3) is 8.27. The van der Waals surface area contributed by atoms with Crippen molar-refractivity contribution >= 4 is 7.71 Å². The zero-order valence-electron chi connectivity index (χ0n) is 18.6. The van der Waals surface area contributed by atoms with Crippen molar-refractivity contribution in [1.82, 2.24) is 14.0 Å². The van der Waals surface area contributed by atoms with Crippen molar-refractivity contribution in [3.05, 3.63) is 12.7 Å². The van der Waals surface area contributed by atoms with Crippen LogP contribution in [0.1, 0.15) is 80.1 Å². The van der Waals surface area contributed by atoms with Crippen LogP contribution in [0.2, 0.25) is 0 Å². The molecule has 0 rings (SSSR count). The fourth-order valence-corrected chi connectivity index (χ4v) is 9.14. The second kappa shape index (κ2) is 17.6. The highest BCUT2D eigenvalue weighted by Gasteiger charge is 2.53. The quantitative estimate of drug-likeness (QED) is 0.248. The summed E-state index contributed by atoms with van der Waals surface area (Å²) in [7, 11) is -1.54. The zero-order valence-corrected chi connectivity index (χ0v) is 21.1. The maximum Gasteiger partial charge on any atom is 0.231 e. The van der Waals surface area contributed by atoms with Gasteiger partial charge in [-0.1, -0.05) is 48.1 Å². The van der Waals surface area contributed by atoms with Crippen molar-refractivity contribution in [2.45, 2.75) is 80.1 Å². The van der Waals surface area contributed by atoms with Gasteiger partial charge in [0.25, 0.3) is 0 Å². The summed E-state index contributed by atoms with van der Waals surface area (Å²) in [4.78, 5) is 0. The van der Waals surface area contributed by atoms with E-state index in [2.05, 4.69) is 68.2 Å². The Kier molecular flexibility index (Phi) is 19.5. The van der Waals surface area contributed by atoms with Gasteiger partial charge in [0.2, 0.25) is 7.71 Å². The Morgan fingerprint density at radius 3 is 0.962 bits per heavy atom. The van der Waals surface area contributed by atoms with Crippen LogP contribution in [0.5, 0.6) is 0 Å². The summed E-state index contributed by atoms with van der Waals surface area (Å²) >= 11 is 0. The first-order chi connectivity index (χ1) is 12.1. The molecule has 0 heterocycles. The average Bonchev–Trinajstić information content (AvgIpc) is 2.59. The second-order valence-corrected chi connectivity index (χ2v) is 10.5. The number of rotatable bonds is 17. The minimum Gasteiger partial charge on any atom is -1.00 e. The Hall–Kier alpha value is 0.530. The molecule has 5 heteroatoms. The topological polar surface area (TPSA) is 9.72 Å². The molecule has 0 spiro atoms. The van der Waals surface area contributed by atoms with Gasteiger partial charge in [-0.25, -0.2) is 0 Å². The van der Waals surface area contributed by atoms with Crippen LogP contribution in [0.3, 0.4) is 0 Å². The molecular formula is C21H47BrN3P. The predicted octanol–water partition coefficient (Wildman–Crippen LogP) is 3.31. The van der Waals surface area contributed by atoms with E-state index in [1.54, 1.807) is 0 Å². The lowest BCUT2D eigenvalue weighted by Crippen LogP contribution is -3.00. The van der Waals surface area contributed by atoms with Gasteiger partial charge in [0.15, 0.2) is 0 Å². The van der Waals surface area contributed by atoms with Crippen molar-refractivity contribution in [3.8, 4) is 0 Å². The molecule has 0 aliphatic rings. The maximum absolute atomic E-state index is 4.20. The molecule has 0 aromatic carbocycles. The van der Waals surface area contributed by atoms with Gasteiger partial charge in [-0.3, -0.25) is 0 Å². The summed E-state index contributed by atoms with van der Waals surface area (Å²) in [5, 5.41) is 0. The summed E-state index contributed by atoms with van der Waals surface area (Å²) in [6, 6.07) is 0. The minimum absolute atomic E-state index is 0. The molecule has 0 amide bonds. The molecule has 0 aliphatic heterocycles. The summed E-state index contributed by atoms with van der Waals surface area (Å²) in [6.07, 6.45) is 10.7. The van der Waals surface area contributed by atoms with Crippen LogP contribution in [0, 0.1) is 0 Å². The lowest BCUT2D eigenvalue weighted by Gasteiger charge is -2.48. The van der Waals surface area contributed by atoms with Crippen LogP contribution in [0.25, 0.3) is 0 Å². The molecule has 26 heavy (non-hydrogen) atoms. The molecule has 0 fully saturated rings. The van der Waals surface area contributed by atoms with Crippen molar-refractivity contribution < 1.29 is 17.0 Å². The number of hydrogen-bond acceptors (Lipinski definition) is 3. The highest BCUT2D eigenvalue weighted by molar-refractivity contribution is 7.69. The fourth-order valence-electron chi connectivity index (χ4n) is 3.90. The van der Waals surface area contributed by atoms with E-state index in [1.807, 2.05) is 0 Å². The third-order valence-electron chi connectivity index (χ3n) is 4.62. The number of nitrogens with zero attached hydrogens (tertiary/aromatic N) is 3. The molecule has 0 saturated heterocycles. The van der Waals surface area contributed by atoms with Gasteiger partial charge in [0, 0.05) is 39.3 Å². The lowest BCUT2D eigenvalue weighted by atomic mass is 10.4. The van der Waals surface area contributed by atoms with Gasteiger partial charge >= 0.3 is 0 Å². The van der Waals surface area contributed by atoms with Gasteiger partial charge in [-0.15, -0.1) is 14.0 Å². The molecule has 0 radical (unpaired) electrons. The monoisotopic (exact) mass is 451 g/mol. The number of allylic oxidation sites excluding steroid dienone is 1. The average molecular weight is 453 g/mol. The van der Waals surface area contributed by atoms with Gasteiger partial charge in [0.05, 0.1) is 0 Å². The molecule has 0 unspecified atom stereocenters. The van der Waals surface area contributed by atoms with E-state index in [0.29, 0.717) is 0 Å². The molecule has 0 aliphatic carbocycles. The summed E-state index contributed by atoms with van der Waals surface area (Å²) in [5.74, 6) is 0. The van der Waals surface area contributed by atoms with Crippen LogP contribution in [-0.2, 0) is 0 Å². The summed E-state index contributed by atoms with van der Waals surface area (Å²) in [5.41, 5.74) is 0. The van der Waals surface area contributed by atoms with Crippen LogP contribution < -0.4 is 17.0 Å². The van der Waals surface area contributed by atoms with Crippen LogP contribution in [-0.4, -0.2) is 59.4 Å². The van der Waals surface area contributed by atoms with E-state index >= 15 is 0 Å². The van der Waals surface area contributed by atoms with Gasteiger partial charge < -0.3 is 17.0 Å². The van der Waals surface area contributed by atoms with Crippen LogP contribution in [0.15, 0.2) is 12.7 Å². The van der Waals surface area contributed by atoms with E-state index in [4.69, 9.17) is 0 Å². The molecule has 0 N–H and O–H groups in total. The van der Waals surface area contributed by atoms with E-state index in [-0.39, 0.29) is 17.0 Å². The normalized spacial score (nSPS) is 12.0. The van der Waals surface area contributed by atoms with Crippen molar-refractivity contribution in [1.29, 1.82) is 0 Å². The van der Waals surface area contributed by atoms with E-state index in [0.717, 1.165) is 6.16 Å².